The molecule has 0 radical (unpaired) electrons. The maximum absolute atomic E-state index is 13.0. The topological polar surface area (TPSA) is 77.4 Å². The summed E-state index contributed by atoms with van der Waals surface area (Å²) in [5, 5.41) is -0.871. The van der Waals surface area contributed by atoms with Gasteiger partial charge in [-0.3, -0.25) is 4.68 Å². The molecule has 1 aliphatic rings. The summed E-state index contributed by atoms with van der Waals surface area (Å²) in [5.74, 6) is -0.530. The molecule has 0 aliphatic heterocycles. The molecule has 158 valence electrons. The summed E-state index contributed by atoms with van der Waals surface area (Å²) in [4.78, 5) is 14.8. The van der Waals surface area contributed by atoms with Crippen molar-refractivity contribution in [2.45, 2.75) is 83.3 Å². The smallest absolute Gasteiger partial charge is 0.335 e. The molecule has 2 rings (SSSR count). The molecule has 1 unspecified atom stereocenters. The number of carbonyl (C=O) groups excluding carboxylic acids is 1. The third-order valence-electron chi connectivity index (χ3n) is 5.11. The van der Waals surface area contributed by atoms with Crippen molar-refractivity contribution in [1.29, 1.82) is 0 Å². The average molecular weight is 411 g/mol. The minimum Gasteiger partial charge on any atom is -0.463 e. The van der Waals surface area contributed by atoms with Crippen LogP contribution in [-0.2, 0) is 26.0 Å². The van der Waals surface area contributed by atoms with E-state index in [1.807, 2.05) is 12.1 Å². The number of hydrogen-bond acceptors (Lipinski definition) is 4. The first kappa shape index (κ1) is 22.5. The monoisotopic (exact) mass is 410 g/mol. The molecule has 28 heavy (non-hydrogen) atoms. The van der Waals surface area contributed by atoms with Gasteiger partial charge >= 0.3 is 5.97 Å². The molecule has 1 heterocycles. The molecular formula is C21H34N2O4S. The number of nitrogens with one attached hydrogen (secondary N) is 1. The second kappa shape index (κ2) is 11.3. The van der Waals surface area contributed by atoms with Gasteiger partial charge in [0, 0.05) is 11.9 Å². The van der Waals surface area contributed by atoms with E-state index in [9.17, 15) is 13.2 Å². The summed E-state index contributed by atoms with van der Waals surface area (Å²) in [7, 11) is -3.74. The number of carbonyl (C=O) groups is 1. The van der Waals surface area contributed by atoms with Crippen LogP contribution in [0.2, 0.25) is 0 Å². The molecule has 6 nitrogen and oxygen atoms in total. The van der Waals surface area contributed by atoms with E-state index in [-0.39, 0.29) is 12.2 Å². The minimum absolute atomic E-state index is 0.233. The number of hydrogen-bond donors (Lipinski definition) is 1. The molecule has 1 aromatic heterocycles. The molecule has 0 aromatic carbocycles. The zero-order chi connectivity index (χ0) is 20.4. The van der Waals surface area contributed by atoms with Crippen molar-refractivity contribution in [3.63, 3.8) is 0 Å². The highest BCUT2D eigenvalue weighted by Gasteiger charge is 2.35. The maximum atomic E-state index is 13.0. The van der Waals surface area contributed by atoms with Crippen LogP contribution in [0.25, 0.3) is 0 Å². The van der Waals surface area contributed by atoms with Crippen molar-refractivity contribution in [3.05, 3.63) is 35.7 Å². The van der Waals surface area contributed by atoms with E-state index < -0.39 is 21.2 Å². The lowest BCUT2D eigenvalue weighted by Gasteiger charge is -2.24. The number of aromatic nitrogens is 1. The first-order valence-electron chi connectivity index (χ1n) is 10.5. The maximum Gasteiger partial charge on any atom is 0.335 e. The Balaban J connectivity index is 2.00. The number of rotatable bonds is 12. The van der Waals surface area contributed by atoms with E-state index in [1.165, 1.54) is 25.7 Å². The van der Waals surface area contributed by atoms with Crippen molar-refractivity contribution in [3.8, 4) is 0 Å². The minimum atomic E-state index is -3.74. The van der Waals surface area contributed by atoms with Crippen LogP contribution < -0.4 is 4.83 Å². The van der Waals surface area contributed by atoms with Gasteiger partial charge < -0.3 is 4.74 Å². The molecule has 0 saturated carbocycles. The molecule has 0 amide bonds. The van der Waals surface area contributed by atoms with Crippen molar-refractivity contribution in [2.75, 3.05) is 11.4 Å². The predicted octanol–water partition coefficient (Wildman–Crippen LogP) is 4.31. The SMILES string of the molecule is CCCCCCCCc1cccn1NS(=O)(=O)C1CCCC=C1C(=O)OCC. The Morgan fingerprint density at radius 2 is 1.96 bits per heavy atom. The second-order valence-corrected chi connectivity index (χ2v) is 9.16. The van der Waals surface area contributed by atoms with E-state index in [2.05, 4.69) is 11.8 Å². The molecule has 7 heteroatoms. The lowest BCUT2D eigenvalue weighted by Crippen LogP contribution is -2.38. The van der Waals surface area contributed by atoms with Crippen LogP contribution >= 0.6 is 0 Å². The van der Waals surface area contributed by atoms with Gasteiger partial charge in [-0.1, -0.05) is 45.1 Å². The standard InChI is InChI=1S/C21H34N2O4S/c1-3-5-6-7-8-9-13-18-14-12-17-23(18)22-28(25,26)20-16-11-10-15-19(20)21(24)27-4-2/h12,14-15,17,20,22H,3-11,13,16H2,1-2H3. The van der Waals surface area contributed by atoms with E-state index >= 15 is 0 Å². The number of sulfonamides is 1. The number of esters is 1. The summed E-state index contributed by atoms with van der Waals surface area (Å²) in [6.45, 7) is 4.15. The van der Waals surface area contributed by atoms with Gasteiger partial charge in [0.2, 0.25) is 0 Å². The van der Waals surface area contributed by atoms with Gasteiger partial charge in [0.05, 0.1) is 12.2 Å². The van der Waals surface area contributed by atoms with E-state index in [0.717, 1.165) is 31.4 Å². The summed E-state index contributed by atoms with van der Waals surface area (Å²) < 4.78 is 32.6. The first-order chi connectivity index (χ1) is 13.5. The fraction of sp³-hybridized carbons (Fsp3) is 0.667. The largest absolute Gasteiger partial charge is 0.463 e. The zero-order valence-electron chi connectivity index (χ0n) is 17.2. The highest BCUT2D eigenvalue weighted by Crippen LogP contribution is 2.26. The predicted molar refractivity (Wildman–Crippen MR) is 112 cm³/mol. The fourth-order valence-electron chi connectivity index (χ4n) is 3.60. The second-order valence-electron chi connectivity index (χ2n) is 7.32. The van der Waals surface area contributed by atoms with Crippen molar-refractivity contribution in [2.24, 2.45) is 0 Å². The third kappa shape index (κ3) is 6.40. The fourth-order valence-corrected chi connectivity index (χ4v) is 5.18. The number of ether oxygens (including phenoxy) is 1. The first-order valence-corrected chi connectivity index (χ1v) is 12.1. The summed E-state index contributed by atoms with van der Waals surface area (Å²) in [6, 6.07) is 3.79. The van der Waals surface area contributed by atoms with Crippen molar-refractivity contribution >= 4 is 16.0 Å². The van der Waals surface area contributed by atoms with Gasteiger partial charge in [0.15, 0.2) is 0 Å². The summed E-state index contributed by atoms with van der Waals surface area (Å²) in [5.41, 5.74) is 1.20. The van der Waals surface area contributed by atoms with Crippen LogP contribution in [0.4, 0.5) is 0 Å². The highest BCUT2D eigenvalue weighted by atomic mass is 32.2. The Morgan fingerprint density at radius 3 is 2.71 bits per heavy atom. The van der Waals surface area contributed by atoms with Crippen LogP contribution in [0.3, 0.4) is 0 Å². The Kier molecular flexibility index (Phi) is 9.09. The quantitative estimate of drug-likeness (QED) is 0.411. The number of nitrogens with zero attached hydrogens (tertiary/aromatic N) is 1. The number of allylic oxidation sites excluding steroid dienone is 1. The molecular weight excluding hydrogens is 376 g/mol. The third-order valence-corrected chi connectivity index (χ3v) is 6.80. The van der Waals surface area contributed by atoms with E-state index in [4.69, 9.17) is 4.74 Å². The molecule has 0 spiro atoms. The lowest BCUT2D eigenvalue weighted by atomic mass is 9.99. The number of unbranched alkanes of at least 4 members (excludes halogenated alkanes) is 5. The Labute approximate surface area is 169 Å². The summed E-state index contributed by atoms with van der Waals surface area (Å²) in [6.07, 6.45) is 13.3. The molecule has 1 N–H and O–H groups in total. The van der Waals surface area contributed by atoms with E-state index in [1.54, 1.807) is 23.9 Å². The molecule has 0 fully saturated rings. The van der Waals surface area contributed by atoms with Gasteiger partial charge in [-0.25, -0.2) is 18.0 Å². The molecule has 0 bridgehead atoms. The van der Waals surface area contributed by atoms with Crippen LogP contribution in [0.1, 0.15) is 77.3 Å². The van der Waals surface area contributed by atoms with Crippen molar-refractivity contribution < 1.29 is 17.9 Å². The van der Waals surface area contributed by atoms with Gasteiger partial charge in [0.1, 0.15) is 5.25 Å². The van der Waals surface area contributed by atoms with Gasteiger partial charge in [0.25, 0.3) is 10.0 Å². The number of aryl methyl sites for hydroxylation is 1. The van der Waals surface area contributed by atoms with E-state index in [0.29, 0.717) is 12.8 Å². The molecule has 1 aliphatic carbocycles. The van der Waals surface area contributed by atoms with Gasteiger partial charge in [-0.15, -0.1) is 0 Å². The molecule has 1 atom stereocenters. The molecule has 0 saturated heterocycles. The average Bonchev–Trinajstić information content (AvgIpc) is 3.11. The lowest BCUT2D eigenvalue weighted by molar-refractivity contribution is -0.138. The van der Waals surface area contributed by atoms with Crippen LogP contribution in [0.5, 0.6) is 0 Å². The molecule has 1 aromatic rings. The van der Waals surface area contributed by atoms with Crippen molar-refractivity contribution in [1.82, 2.24) is 4.68 Å². The Morgan fingerprint density at radius 1 is 1.21 bits per heavy atom. The van der Waals surface area contributed by atoms with Gasteiger partial charge in [-0.05, 0) is 51.2 Å². The van der Waals surface area contributed by atoms with Crippen LogP contribution in [0, 0.1) is 0 Å². The summed E-state index contributed by atoms with van der Waals surface area (Å²) >= 11 is 0. The van der Waals surface area contributed by atoms with Crippen LogP contribution in [-0.4, -0.2) is 30.9 Å². The Hall–Kier alpha value is -1.76. The zero-order valence-corrected chi connectivity index (χ0v) is 18.0. The highest BCUT2D eigenvalue weighted by molar-refractivity contribution is 7.93. The Bertz CT molecular complexity index is 752. The van der Waals surface area contributed by atoms with Crippen LogP contribution in [0.15, 0.2) is 30.0 Å². The normalized spacial score (nSPS) is 17.2. The van der Waals surface area contributed by atoms with Gasteiger partial charge in [-0.2, -0.15) is 0 Å².